The molecule has 3 atom stereocenters. The Morgan fingerprint density at radius 1 is 1.21 bits per heavy atom. The Labute approximate surface area is 226 Å². The van der Waals surface area contributed by atoms with E-state index in [0.29, 0.717) is 21.7 Å². The van der Waals surface area contributed by atoms with Crippen LogP contribution in [0, 0.1) is 5.92 Å². The molecule has 3 heterocycles. The number of furan rings is 1. The lowest BCUT2D eigenvalue weighted by Gasteiger charge is -2.33. The number of rotatable bonds is 6. The highest BCUT2D eigenvalue weighted by molar-refractivity contribution is 8.06. The van der Waals surface area contributed by atoms with Crippen LogP contribution in [0.3, 0.4) is 0 Å². The maximum Gasteiger partial charge on any atom is 0.288 e. The SMILES string of the molecule is CC(C)C[C@H](NC(=O)c1cc2ccccc2o1)C(=O)N([C@H]1CC[C@@H](C)NCC1=O)S(=O)(=O)C1=NC=CCC1=O. The summed E-state index contributed by atoms with van der Waals surface area (Å²) in [4.78, 5) is 56.8. The Bertz CT molecular complexity index is 1420. The predicted molar refractivity (Wildman–Crippen MR) is 144 cm³/mol. The first-order valence-corrected chi connectivity index (χ1v) is 14.3. The smallest absolute Gasteiger partial charge is 0.288 e. The first-order valence-electron chi connectivity index (χ1n) is 12.9. The van der Waals surface area contributed by atoms with E-state index < -0.39 is 50.5 Å². The van der Waals surface area contributed by atoms with Gasteiger partial charge in [-0.25, -0.2) is 9.30 Å². The van der Waals surface area contributed by atoms with Crippen LogP contribution in [-0.2, 0) is 24.4 Å². The molecule has 0 radical (unpaired) electrons. The average molecular weight is 557 g/mol. The minimum Gasteiger partial charge on any atom is -0.451 e. The molecule has 0 spiro atoms. The third-order valence-corrected chi connectivity index (χ3v) is 8.45. The summed E-state index contributed by atoms with van der Waals surface area (Å²) in [5.41, 5.74) is 0.478. The fourth-order valence-electron chi connectivity index (χ4n) is 4.66. The van der Waals surface area contributed by atoms with Crippen molar-refractivity contribution < 1.29 is 32.0 Å². The van der Waals surface area contributed by atoms with E-state index in [0.717, 1.165) is 0 Å². The van der Waals surface area contributed by atoms with Gasteiger partial charge in [0.05, 0.1) is 6.54 Å². The van der Waals surface area contributed by atoms with Crippen LogP contribution in [0.2, 0.25) is 0 Å². The van der Waals surface area contributed by atoms with E-state index in [-0.39, 0.29) is 43.5 Å². The van der Waals surface area contributed by atoms with Gasteiger partial charge in [0.25, 0.3) is 21.8 Å². The lowest BCUT2D eigenvalue weighted by molar-refractivity contribution is -0.135. The molecule has 39 heavy (non-hydrogen) atoms. The summed E-state index contributed by atoms with van der Waals surface area (Å²) in [6.07, 6.45) is 2.94. The molecule has 11 nitrogen and oxygen atoms in total. The van der Waals surface area contributed by atoms with Gasteiger partial charge in [-0.2, -0.15) is 8.42 Å². The van der Waals surface area contributed by atoms with E-state index in [2.05, 4.69) is 15.6 Å². The van der Waals surface area contributed by atoms with Crippen molar-refractivity contribution in [2.24, 2.45) is 10.9 Å². The molecule has 1 aromatic heterocycles. The Hall–Kier alpha value is -3.64. The molecule has 2 N–H and O–H groups in total. The molecule has 0 unspecified atom stereocenters. The Morgan fingerprint density at radius 3 is 2.64 bits per heavy atom. The van der Waals surface area contributed by atoms with Crippen molar-refractivity contribution in [3.8, 4) is 0 Å². The van der Waals surface area contributed by atoms with Gasteiger partial charge in [-0.15, -0.1) is 0 Å². The third kappa shape index (κ3) is 6.17. The van der Waals surface area contributed by atoms with Crippen molar-refractivity contribution in [1.82, 2.24) is 14.9 Å². The zero-order chi connectivity index (χ0) is 28.3. The molecule has 2 aliphatic heterocycles. The van der Waals surface area contributed by atoms with E-state index in [1.807, 2.05) is 20.8 Å². The minimum absolute atomic E-state index is 0.0484. The second-order valence-electron chi connectivity index (χ2n) is 10.2. The number of sulfonamides is 1. The normalized spacial score (nSPS) is 21.0. The van der Waals surface area contributed by atoms with Crippen LogP contribution < -0.4 is 10.6 Å². The number of nitrogens with zero attached hydrogens (tertiary/aromatic N) is 2. The summed E-state index contributed by atoms with van der Waals surface area (Å²) in [7, 11) is -4.83. The second-order valence-corrected chi connectivity index (χ2v) is 12.0. The molecule has 0 saturated carbocycles. The molecule has 2 aromatic rings. The summed E-state index contributed by atoms with van der Waals surface area (Å²) in [5.74, 6) is -3.20. The topological polar surface area (TPSA) is 155 Å². The summed E-state index contributed by atoms with van der Waals surface area (Å²) in [5, 5.41) is 5.51. The van der Waals surface area contributed by atoms with E-state index in [1.54, 1.807) is 24.3 Å². The van der Waals surface area contributed by atoms with Crippen LogP contribution >= 0.6 is 0 Å². The summed E-state index contributed by atoms with van der Waals surface area (Å²) in [6, 6.07) is 5.76. The molecule has 2 aliphatic rings. The van der Waals surface area contributed by atoms with Gasteiger partial charge in [0.1, 0.15) is 17.7 Å². The Morgan fingerprint density at radius 2 is 1.95 bits per heavy atom. The molecular weight excluding hydrogens is 524 g/mol. The zero-order valence-corrected chi connectivity index (χ0v) is 22.9. The first kappa shape index (κ1) is 28.4. The van der Waals surface area contributed by atoms with Crippen molar-refractivity contribution >= 4 is 49.4 Å². The monoisotopic (exact) mass is 556 g/mol. The number of hydrogen-bond donors (Lipinski definition) is 2. The van der Waals surface area contributed by atoms with Crippen LogP contribution in [-0.4, -0.2) is 65.8 Å². The van der Waals surface area contributed by atoms with E-state index >= 15 is 0 Å². The van der Waals surface area contributed by atoms with Gasteiger partial charge >= 0.3 is 0 Å². The predicted octanol–water partition coefficient (Wildman–Crippen LogP) is 2.33. The number of aliphatic imine (C=N–C) groups is 1. The van der Waals surface area contributed by atoms with Gasteiger partial charge in [-0.3, -0.25) is 19.2 Å². The number of fused-ring (bicyclic) bond motifs is 1. The number of Topliss-reactive ketones (excluding diaryl/α,β-unsaturated/α-hetero) is 2. The number of hydrogen-bond acceptors (Lipinski definition) is 9. The minimum atomic E-state index is -4.83. The maximum atomic E-state index is 14.1. The molecule has 0 aliphatic carbocycles. The lowest BCUT2D eigenvalue weighted by atomic mass is 10.0. The van der Waals surface area contributed by atoms with E-state index in [9.17, 15) is 27.6 Å². The number of carbonyl (C=O) groups excluding carboxylic acids is 4. The molecule has 1 aromatic carbocycles. The molecule has 1 fully saturated rings. The highest BCUT2D eigenvalue weighted by Gasteiger charge is 2.46. The van der Waals surface area contributed by atoms with Gasteiger partial charge in [-0.05, 0) is 44.2 Å². The number of nitrogens with one attached hydrogen (secondary N) is 2. The number of benzene rings is 1. The van der Waals surface area contributed by atoms with Gasteiger partial charge < -0.3 is 15.1 Å². The fourth-order valence-corrected chi connectivity index (χ4v) is 6.34. The van der Waals surface area contributed by atoms with Gasteiger partial charge in [0.2, 0.25) is 5.04 Å². The molecule has 4 rings (SSSR count). The molecule has 1 saturated heterocycles. The average Bonchev–Trinajstić information content (AvgIpc) is 3.26. The van der Waals surface area contributed by atoms with Crippen molar-refractivity contribution in [1.29, 1.82) is 0 Å². The highest BCUT2D eigenvalue weighted by Crippen LogP contribution is 2.24. The van der Waals surface area contributed by atoms with Gasteiger partial charge in [0.15, 0.2) is 17.3 Å². The van der Waals surface area contributed by atoms with Crippen LogP contribution in [0.25, 0.3) is 11.0 Å². The number of carbonyl (C=O) groups is 4. The first-order chi connectivity index (χ1) is 18.5. The molecular formula is C27H32N4O7S. The number of para-hydroxylation sites is 1. The Balaban J connectivity index is 1.74. The van der Waals surface area contributed by atoms with Crippen LogP contribution in [0.4, 0.5) is 0 Å². The second kappa shape index (κ2) is 11.6. The standard InChI is InChI=1S/C27H32N4O7S/c1-16(2)13-19(30-25(34)24-14-18-7-4-5-9-23(18)38-24)27(35)31(20-11-10-17(3)29-15-22(20)33)39(36,37)26-21(32)8-6-12-28-26/h4-7,9,12,14,16-17,19-20,29H,8,10-11,13,15H2,1-3H3,(H,30,34)/t17-,19+,20+/m1/s1. The lowest BCUT2D eigenvalue weighted by Crippen LogP contribution is -2.58. The molecule has 208 valence electrons. The fraction of sp³-hybridized carbons (Fsp3) is 0.444. The Kier molecular flexibility index (Phi) is 8.45. The van der Waals surface area contributed by atoms with E-state index in [4.69, 9.17) is 4.42 Å². The summed E-state index contributed by atoms with van der Waals surface area (Å²) in [6.45, 7) is 5.33. The molecule has 12 heteroatoms. The van der Waals surface area contributed by atoms with Gasteiger partial charge in [0, 0.05) is 24.0 Å². The molecule has 2 amide bonds. The van der Waals surface area contributed by atoms with E-state index in [1.165, 1.54) is 18.3 Å². The third-order valence-electron chi connectivity index (χ3n) is 6.67. The summed E-state index contributed by atoms with van der Waals surface area (Å²) < 4.78 is 33.8. The largest absolute Gasteiger partial charge is 0.451 e. The van der Waals surface area contributed by atoms with Crippen LogP contribution in [0.5, 0.6) is 0 Å². The van der Waals surface area contributed by atoms with Crippen molar-refractivity contribution in [3.05, 3.63) is 48.4 Å². The number of ketones is 2. The van der Waals surface area contributed by atoms with Crippen molar-refractivity contribution in [2.75, 3.05) is 6.54 Å². The highest BCUT2D eigenvalue weighted by atomic mass is 32.2. The van der Waals surface area contributed by atoms with Crippen molar-refractivity contribution in [3.63, 3.8) is 0 Å². The quantitative estimate of drug-likeness (QED) is 0.549. The van der Waals surface area contributed by atoms with Crippen LogP contribution in [0.15, 0.2) is 52.0 Å². The zero-order valence-electron chi connectivity index (χ0n) is 22.0. The molecule has 0 bridgehead atoms. The van der Waals surface area contributed by atoms with Crippen LogP contribution in [0.1, 0.15) is 57.0 Å². The number of allylic oxidation sites excluding steroid dienone is 1. The van der Waals surface area contributed by atoms with Crippen molar-refractivity contribution in [2.45, 2.75) is 64.6 Å². The maximum absolute atomic E-state index is 14.1. The summed E-state index contributed by atoms with van der Waals surface area (Å²) >= 11 is 0. The number of amides is 2. The van der Waals surface area contributed by atoms with Gasteiger partial charge in [-0.1, -0.05) is 38.1 Å².